The number of hydrogen-bond acceptors (Lipinski definition) is 5. The van der Waals surface area contributed by atoms with E-state index in [0.717, 1.165) is 23.5 Å². The highest BCUT2D eigenvalue weighted by Crippen LogP contribution is 2.16. The number of aromatic nitrogens is 1. The van der Waals surface area contributed by atoms with Crippen LogP contribution in [0.4, 0.5) is 0 Å². The van der Waals surface area contributed by atoms with Gasteiger partial charge in [-0.25, -0.2) is 4.83 Å². The highest BCUT2D eigenvalue weighted by atomic mass is 32.2. The van der Waals surface area contributed by atoms with E-state index in [4.69, 9.17) is 9.47 Å². The highest BCUT2D eigenvalue weighted by Gasteiger charge is 2.13. The molecule has 0 unspecified atom stereocenters. The number of methoxy groups -OCH3 is 1. The highest BCUT2D eigenvalue weighted by molar-refractivity contribution is 7.89. The topological polar surface area (TPSA) is 81.9 Å². The van der Waals surface area contributed by atoms with Crippen molar-refractivity contribution in [1.29, 1.82) is 0 Å². The Balaban J connectivity index is 2.09. The number of rotatable bonds is 9. The van der Waals surface area contributed by atoms with Crippen molar-refractivity contribution in [3.05, 3.63) is 47.3 Å². The van der Waals surface area contributed by atoms with Crippen LogP contribution in [0.25, 0.3) is 0 Å². The maximum absolute atomic E-state index is 12.3. The molecule has 0 bridgehead atoms. The Hall–Kier alpha value is -2.32. The number of aryl methyl sites for hydroxylation is 1. The van der Waals surface area contributed by atoms with Gasteiger partial charge in [-0.15, -0.1) is 0 Å². The van der Waals surface area contributed by atoms with Crippen LogP contribution in [0.5, 0.6) is 5.75 Å². The fourth-order valence-corrected chi connectivity index (χ4v) is 3.38. The Morgan fingerprint density at radius 2 is 1.92 bits per heavy atom. The van der Waals surface area contributed by atoms with Crippen molar-refractivity contribution in [2.45, 2.75) is 32.2 Å². The molecule has 0 atom stereocenters. The fourth-order valence-electron chi connectivity index (χ4n) is 2.58. The summed E-state index contributed by atoms with van der Waals surface area (Å²) in [5, 5.41) is 3.91. The number of nitrogens with zero attached hydrogens (tertiary/aromatic N) is 2. The molecule has 1 aromatic heterocycles. The first-order valence-corrected chi connectivity index (χ1v) is 9.80. The summed E-state index contributed by atoms with van der Waals surface area (Å²) in [6.07, 6.45) is 1.51. The normalized spacial score (nSPS) is 11.8. The number of hydrogen-bond donors (Lipinski definition) is 1. The van der Waals surface area contributed by atoms with Crippen LogP contribution in [-0.4, -0.2) is 39.5 Å². The average molecular weight is 379 g/mol. The first kappa shape index (κ1) is 20.0. The number of sulfonamides is 1. The molecule has 0 aliphatic carbocycles. The summed E-state index contributed by atoms with van der Waals surface area (Å²) in [7, 11) is -2.06. The van der Waals surface area contributed by atoms with Crippen molar-refractivity contribution >= 4 is 16.2 Å². The van der Waals surface area contributed by atoms with E-state index < -0.39 is 10.0 Å². The summed E-state index contributed by atoms with van der Waals surface area (Å²) in [6.45, 7) is 7.69. The average Bonchev–Trinajstić information content (AvgIpc) is 2.87. The molecule has 8 heteroatoms. The summed E-state index contributed by atoms with van der Waals surface area (Å²) in [5.74, 6) is 0.624. The zero-order chi connectivity index (χ0) is 19.2. The summed E-state index contributed by atoms with van der Waals surface area (Å²) in [6, 6.07) is 8.16. The molecule has 0 radical (unpaired) electrons. The predicted octanol–water partition coefficient (Wildman–Crippen LogP) is 2.46. The van der Waals surface area contributed by atoms with Crippen LogP contribution in [-0.2, 0) is 21.3 Å². The first-order chi connectivity index (χ1) is 12.4. The Labute approximate surface area is 154 Å². The molecular formula is C18H25N3O4S. The van der Waals surface area contributed by atoms with Crippen molar-refractivity contribution in [3.8, 4) is 5.75 Å². The molecule has 0 spiro atoms. The smallest absolute Gasteiger partial charge is 0.276 e. The van der Waals surface area contributed by atoms with Crippen molar-refractivity contribution < 1.29 is 17.9 Å². The number of nitrogens with one attached hydrogen (secondary N) is 1. The molecule has 7 nitrogen and oxygen atoms in total. The Bertz CT molecular complexity index is 855. The van der Waals surface area contributed by atoms with Gasteiger partial charge in [0.2, 0.25) is 0 Å². The molecule has 0 aliphatic rings. The molecule has 142 valence electrons. The molecule has 0 aliphatic heterocycles. The van der Waals surface area contributed by atoms with Gasteiger partial charge in [0, 0.05) is 30.6 Å². The van der Waals surface area contributed by atoms with Gasteiger partial charge in [0.15, 0.2) is 0 Å². The molecule has 0 saturated carbocycles. The molecule has 2 aromatic rings. The predicted molar refractivity (Wildman–Crippen MR) is 101 cm³/mol. The Morgan fingerprint density at radius 3 is 2.54 bits per heavy atom. The van der Waals surface area contributed by atoms with Crippen LogP contribution in [0, 0.1) is 13.8 Å². The lowest BCUT2D eigenvalue weighted by Crippen LogP contribution is -2.18. The third-order valence-electron chi connectivity index (χ3n) is 3.95. The quantitative estimate of drug-likeness (QED) is 0.536. The standard InChI is InChI=1S/C18H25N3O4S/c1-5-25-17-6-8-18(9-7-17)26(22,23)20-19-13-16-12-14(2)21(15(16)3)10-11-24-4/h6-9,12-13,20H,5,10-11H2,1-4H3/b19-13+. The summed E-state index contributed by atoms with van der Waals surface area (Å²) < 4.78 is 37.1. The van der Waals surface area contributed by atoms with Gasteiger partial charge >= 0.3 is 0 Å². The summed E-state index contributed by atoms with van der Waals surface area (Å²) >= 11 is 0. The van der Waals surface area contributed by atoms with E-state index in [1.165, 1.54) is 18.3 Å². The van der Waals surface area contributed by atoms with Crippen molar-refractivity contribution in [2.75, 3.05) is 20.3 Å². The number of hydrazone groups is 1. The van der Waals surface area contributed by atoms with Gasteiger partial charge in [0.05, 0.1) is 24.3 Å². The van der Waals surface area contributed by atoms with E-state index in [1.807, 2.05) is 26.8 Å². The van der Waals surface area contributed by atoms with Gasteiger partial charge in [-0.05, 0) is 51.1 Å². The van der Waals surface area contributed by atoms with Crippen LogP contribution in [0.3, 0.4) is 0 Å². The Kier molecular flexibility index (Phi) is 6.82. The molecule has 0 amide bonds. The van der Waals surface area contributed by atoms with Gasteiger partial charge in [-0.2, -0.15) is 13.5 Å². The van der Waals surface area contributed by atoms with Gasteiger partial charge in [-0.3, -0.25) is 0 Å². The largest absolute Gasteiger partial charge is 0.494 e. The first-order valence-electron chi connectivity index (χ1n) is 8.32. The summed E-state index contributed by atoms with van der Waals surface area (Å²) in [5.41, 5.74) is 2.92. The lowest BCUT2D eigenvalue weighted by Gasteiger charge is -2.08. The van der Waals surface area contributed by atoms with Crippen LogP contribution >= 0.6 is 0 Å². The summed E-state index contributed by atoms with van der Waals surface area (Å²) in [4.78, 5) is 2.37. The van der Waals surface area contributed by atoms with Crippen molar-refractivity contribution in [3.63, 3.8) is 0 Å². The SMILES string of the molecule is CCOc1ccc(S(=O)(=O)N/N=C/c2cc(C)n(CCOC)c2C)cc1. The molecule has 0 fully saturated rings. The molecule has 26 heavy (non-hydrogen) atoms. The third kappa shape index (κ3) is 4.86. The zero-order valence-corrected chi connectivity index (χ0v) is 16.3. The minimum Gasteiger partial charge on any atom is -0.494 e. The van der Waals surface area contributed by atoms with Crippen LogP contribution in [0.2, 0.25) is 0 Å². The van der Waals surface area contributed by atoms with E-state index in [1.54, 1.807) is 19.2 Å². The van der Waals surface area contributed by atoms with E-state index >= 15 is 0 Å². The second-order valence-corrected chi connectivity index (χ2v) is 7.39. The zero-order valence-electron chi connectivity index (χ0n) is 15.5. The van der Waals surface area contributed by atoms with E-state index in [0.29, 0.717) is 19.0 Å². The second kappa shape index (κ2) is 8.86. The molecule has 1 aromatic carbocycles. The Morgan fingerprint density at radius 1 is 1.23 bits per heavy atom. The third-order valence-corrected chi connectivity index (χ3v) is 5.19. The van der Waals surface area contributed by atoms with Crippen LogP contribution in [0.1, 0.15) is 23.9 Å². The number of benzene rings is 1. The van der Waals surface area contributed by atoms with Crippen LogP contribution < -0.4 is 9.57 Å². The lowest BCUT2D eigenvalue weighted by molar-refractivity contribution is 0.186. The van der Waals surface area contributed by atoms with E-state index in [2.05, 4.69) is 14.5 Å². The van der Waals surface area contributed by atoms with E-state index in [9.17, 15) is 8.42 Å². The second-order valence-electron chi connectivity index (χ2n) is 5.73. The minimum atomic E-state index is -3.72. The molecule has 0 saturated heterocycles. The number of ether oxygens (including phenoxy) is 2. The van der Waals surface area contributed by atoms with Crippen LogP contribution in [0.15, 0.2) is 40.3 Å². The van der Waals surface area contributed by atoms with Gasteiger partial charge in [0.25, 0.3) is 10.0 Å². The minimum absolute atomic E-state index is 0.128. The van der Waals surface area contributed by atoms with Crippen molar-refractivity contribution in [1.82, 2.24) is 9.40 Å². The monoisotopic (exact) mass is 379 g/mol. The van der Waals surface area contributed by atoms with Gasteiger partial charge in [0.1, 0.15) is 5.75 Å². The molecule has 1 N–H and O–H groups in total. The van der Waals surface area contributed by atoms with Gasteiger partial charge < -0.3 is 14.0 Å². The maximum Gasteiger partial charge on any atom is 0.276 e. The van der Waals surface area contributed by atoms with Crippen molar-refractivity contribution in [2.24, 2.45) is 5.10 Å². The molecule has 1 heterocycles. The molecule has 2 rings (SSSR count). The van der Waals surface area contributed by atoms with E-state index in [-0.39, 0.29) is 4.90 Å². The fraction of sp³-hybridized carbons (Fsp3) is 0.389. The maximum atomic E-state index is 12.3. The van der Waals surface area contributed by atoms with Gasteiger partial charge in [-0.1, -0.05) is 0 Å². The lowest BCUT2D eigenvalue weighted by atomic mass is 10.3. The molecular weight excluding hydrogens is 354 g/mol.